The standard InChI is InChI=1S/C18H24Cl2N4O/c1-11(2)7-15(10-25)21-18-23-16(22-17(20)24-18)8-12(3)13-5-4-6-14(19)9-13/h4-6,9,11-12,15,25H,7-8,10H2,1-3H3,(H,21,22,23,24). The fourth-order valence-electron chi connectivity index (χ4n) is 2.68. The number of benzene rings is 1. The van der Waals surface area contributed by atoms with Crippen LogP contribution in [0.15, 0.2) is 24.3 Å². The predicted molar refractivity (Wildman–Crippen MR) is 102 cm³/mol. The molecule has 0 saturated carbocycles. The lowest BCUT2D eigenvalue weighted by Crippen LogP contribution is -2.27. The number of rotatable bonds is 8. The Morgan fingerprint density at radius 3 is 2.52 bits per heavy atom. The molecular formula is C18H24Cl2N4O. The molecule has 2 atom stereocenters. The minimum Gasteiger partial charge on any atom is -0.394 e. The van der Waals surface area contributed by atoms with Gasteiger partial charge in [-0.05, 0) is 47.6 Å². The lowest BCUT2D eigenvalue weighted by molar-refractivity contribution is 0.259. The van der Waals surface area contributed by atoms with E-state index in [2.05, 4.69) is 41.0 Å². The normalized spacial score (nSPS) is 13.7. The van der Waals surface area contributed by atoms with Crippen LogP contribution in [0.4, 0.5) is 5.95 Å². The Morgan fingerprint density at radius 1 is 1.12 bits per heavy atom. The van der Waals surface area contributed by atoms with Crippen molar-refractivity contribution in [3.05, 3.63) is 46.0 Å². The summed E-state index contributed by atoms with van der Waals surface area (Å²) in [7, 11) is 0. The summed E-state index contributed by atoms with van der Waals surface area (Å²) in [4.78, 5) is 12.8. The van der Waals surface area contributed by atoms with E-state index in [1.165, 1.54) is 0 Å². The molecule has 1 heterocycles. The monoisotopic (exact) mass is 382 g/mol. The number of nitrogens with zero attached hydrogens (tertiary/aromatic N) is 3. The molecule has 0 aliphatic heterocycles. The summed E-state index contributed by atoms with van der Waals surface area (Å²) in [6.07, 6.45) is 1.43. The zero-order valence-corrected chi connectivity index (χ0v) is 16.2. The summed E-state index contributed by atoms with van der Waals surface area (Å²) in [6.45, 7) is 6.30. The summed E-state index contributed by atoms with van der Waals surface area (Å²) >= 11 is 12.1. The Balaban J connectivity index is 2.12. The third-order valence-corrected chi connectivity index (χ3v) is 4.27. The number of nitrogens with one attached hydrogen (secondary N) is 1. The Labute approximate surface area is 158 Å². The number of aliphatic hydroxyl groups is 1. The van der Waals surface area contributed by atoms with E-state index in [1.54, 1.807) is 0 Å². The first-order valence-corrected chi connectivity index (χ1v) is 9.16. The van der Waals surface area contributed by atoms with Crippen molar-refractivity contribution in [3.63, 3.8) is 0 Å². The largest absolute Gasteiger partial charge is 0.394 e. The Kier molecular flexibility index (Phi) is 7.41. The van der Waals surface area contributed by atoms with Crippen molar-refractivity contribution >= 4 is 29.2 Å². The van der Waals surface area contributed by atoms with Gasteiger partial charge in [0.15, 0.2) is 0 Å². The van der Waals surface area contributed by atoms with Crippen molar-refractivity contribution in [2.24, 2.45) is 5.92 Å². The minimum absolute atomic E-state index is 0.00966. The second-order valence-electron chi connectivity index (χ2n) is 6.66. The highest BCUT2D eigenvalue weighted by Crippen LogP contribution is 2.23. The van der Waals surface area contributed by atoms with E-state index in [-0.39, 0.29) is 23.9 Å². The zero-order valence-electron chi connectivity index (χ0n) is 14.7. The molecule has 1 aromatic heterocycles. The van der Waals surface area contributed by atoms with Crippen molar-refractivity contribution in [3.8, 4) is 0 Å². The molecule has 0 radical (unpaired) electrons. The van der Waals surface area contributed by atoms with Gasteiger partial charge in [-0.3, -0.25) is 0 Å². The molecule has 2 rings (SSSR count). The third kappa shape index (κ3) is 6.42. The van der Waals surface area contributed by atoms with Gasteiger partial charge in [-0.2, -0.15) is 9.97 Å². The summed E-state index contributed by atoms with van der Waals surface area (Å²) in [5, 5.41) is 13.5. The van der Waals surface area contributed by atoms with E-state index in [0.29, 0.717) is 29.1 Å². The van der Waals surface area contributed by atoms with E-state index in [4.69, 9.17) is 23.2 Å². The maximum absolute atomic E-state index is 9.52. The maximum atomic E-state index is 9.52. The minimum atomic E-state index is -0.114. The molecule has 0 fully saturated rings. The van der Waals surface area contributed by atoms with Crippen LogP contribution in [0.3, 0.4) is 0 Å². The smallest absolute Gasteiger partial charge is 0.227 e. The van der Waals surface area contributed by atoms with Gasteiger partial charge in [-0.15, -0.1) is 0 Å². The van der Waals surface area contributed by atoms with Crippen molar-refractivity contribution in [1.82, 2.24) is 15.0 Å². The number of aromatic nitrogens is 3. The molecule has 0 saturated heterocycles. The topological polar surface area (TPSA) is 70.9 Å². The van der Waals surface area contributed by atoms with E-state index in [0.717, 1.165) is 12.0 Å². The van der Waals surface area contributed by atoms with Crippen molar-refractivity contribution < 1.29 is 5.11 Å². The molecule has 0 aliphatic carbocycles. The fraction of sp³-hybridized carbons (Fsp3) is 0.500. The van der Waals surface area contributed by atoms with E-state index >= 15 is 0 Å². The number of aliphatic hydroxyl groups excluding tert-OH is 1. The van der Waals surface area contributed by atoms with Gasteiger partial charge in [0.25, 0.3) is 0 Å². The number of anilines is 1. The van der Waals surface area contributed by atoms with Crippen molar-refractivity contribution in [2.45, 2.75) is 45.6 Å². The first-order chi connectivity index (χ1) is 11.9. The average Bonchev–Trinajstić information content (AvgIpc) is 2.53. The first-order valence-electron chi connectivity index (χ1n) is 8.40. The van der Waals surface area contributed by atoms with E-state index in [1.807, 2.05) is 24.3 Å². The Morgan fingerprint density at radius 2 is 1.88 bits per heavy atom. The van der Waals surface area contributed by atoms with Crippen molar-refractivity contribution in [2.75, 3.05) is 11.9 Å². The van der Waals surface area contributed by atoms with Crippen LogP contribution in [0.5, 0.6) is 0 Å². The molecule has 5 nitrogen and oxygen atoms in total. The molecule has 25 heavy (non-hydrogen) atoms. The van der Waals surface area contributed by atoms with Crippen LogP contribution in [0.25, 0.3) is 0 Å². The van der Waals surface area contributed by atoms with E-state index < -0.39 is 0 Å². The predicted octanol–water partition coefficient (Wildman–Crippen LogP) is 4.34. The van der Waals surface area contributed by atoms with Gasteiger partial charge in [0.2, 0.25) is 11.2 Å². The van der Waals surface area contributed by atoms with Crippen LogP contribution in [0.2, 0.25) is 10.3 Å². The average molecular weight is 383 g/mol. The van der Waals surface area contributed by atoms with Gasteiger partial charge in [-0.1, -0.05) is 44.5 Å². The lowest BCUT2D eigenvalue weighted by atomic mass is 9.97. The number of halogens is 2. The van der Waals surface area contributed by atoms with Crippen LogP contribution >= 0.6 is 23.2 Å². The first kappa shape index (κ1) is 19.9. The Bertz CT molecular complexity index is 697. The second kappa shape index (κ2) is 9.32. The summed E-state index contributed by atoms with van der Waals surface area (Å²) in [6, 6.07) is 7.64. The van der Waals surface area contributed by atoms with Gasteiger partial charge in [0.1, 0.15) is 5.82 Å². The molecule has 0 amide bonds. The number of hydrogen-bond acceptors (Lipinski definition) is 5. The molecule has 0 bridgehead atoms. The van der Waals surface area contributed by atoms with Gasteiger partial charge >= 0.3 is 0 Å². The summed E-state index contributed by atoms with van der Waals surface area (Å²) in [5.74, 6) is 1.64. The molecule has 2 aromatic rings. The molecule has 2 N–H and O–H groups in total. The third-order valence-electron chi connectivity index (χ3n) is 3.87. The van der Waals surface area contributed by atoms with Gasteiger partial charge in [0, 0.05) is 11.4 Å². The van der Waals surface area contributed by atoms with Crippen LogP contribution in [0, 0.1) is 5.92 Å². The second-order valence-corrected chi connectivity index (χ2v) is 7.43. The molecule has 136 valence electrons. The molecule has 0 spiro atoms. The van der Waals surface area contributed by atoms with Gasteiger partial charge in [0.05, 0.1) is 12.6 Å². The SMILES string of the molecule is CC(C)CC(CO)Nc1nc(Cl)nc(CC(C)c2cccc(Cl)c2)n1. The molecule has 2 unspecified atom stereocenters. The van der Waals surface area contributed by atoms with Crippen LogP contribution in [-0.4, -0.2) is 32.7 Å². The van der Waals surface area contributed by atoms with Gasteiger partial charge < -0.3 is 10.4 Å². The highest BCUT2D eigenvalue weighted by Gasteiger charge is 2.15. The molecule has 1 aromatic carbocycles. The maximum Gasteiger partial charge on any atom is 0.227 e. The Hall–Kier alpha value is -1.43. The number of hydrogen-bond donors (Lipinski definition) is 2. The summed E-state index contributed by atoms with van der Waals surface area (Å²) in [5.41, 5.74) is 1.12. The van der Waals surface area contributed by atoms with Gasteiger partial charge in [-0.25, -0.2) is 4.98 Å². The quantitative estimate of drug-likeness (QED) is 0.710. The van der Waals surface area contributed by atoms with Crippen LogP contribution < -0.4 is 5.32 Å². The van der Waals surface area contributed by atoms with Crippen LogP contribution in [-0.2, 0) is 6.42 Å². The molecular weight excluding hydrogens is 359 g/mol. The van der Waals surface area contributed by atoms with Crippen molar-refractivity contribution in [1.29, 1.82) is 0 Å². The highest BCUT2D eigenvalue weighted by molar-refractivity contribution is 6.30. The lowest BCUT2D eigenvalue weighted by Gasteiger charge is -2.18. The molecule has 7 heteroatoms. The fourth-order valence-corrected chi connectivity index (χ4v) is 3.06. The van der Waals surface area contributed by atoms with Crippen LogP contribution in [0.1, 0.15) is 44.5 Å². The summed E-state index contributed by atoms with van der Waals surface area (Å²) < 4.78 is 0. The highest BCUT2D eigenvalue weighted by atomic mass is 35.5. The molecule has 0 aliphatic rings. The van der Waals surface area contributed by atoms with E-state index in [9.17, 15) is 5.11 Å². The zero-order chi connectivity index (χ0) is 18.4.